The van der Waals surface area contributed by atoms with Crippen LogP contribution < -0.4 is 0 Å². The minimum absolute atomic E-state index is 0. The molecule has 0 fully saturated rings. The molecule has 302 valence electrons. The molecule has 0 aliphatic rings. The van der Waals surface area contributed by atoms with Crippen molar-refractivity contribution >= 4 is 56.7 Å². The Bertz CT molecular complexity index is 674. The van der Waals surface area contributed by atoms with E-state index in [0.717, 1.165) is 6.42 Å². The van der Waals surface area contributed by atoms with Crippen molar-refractivity contribution in [2.45, 2.75) is 179 Å². The maximum Gasteiger partial charge on any atom is 0.344 e. The molecule has 0 aliphatic heterocycles. The third kappa shape index (κ3) is 46.4. The van der Waals surface area contributed by atoms with Crippen LogP contribution in [-0.4, -0.2) is 82.7 Å². The van der Waals surface area contributed by atoms with Crippen molar-refractivity contribution in [3.05, 3.63) is 13.2 Å². The number of carbonyl (C=O) groups is 1. The summed E-state index contributed by atoms with van der Waals surface area (Å²) < 4.78 is 44.8. The molecule has 14 heteroatoms. The SMILES string of the molecule is C.C.C.C.C.C.C.C.C.C.C=C.CCCOCCOC[Si](C)(O[Si](C)(C)O[Si](C)(C)C)O[Si](C)(CC(C)=O)O[Si](C)(C)O[Si](C)(C)C. The number of Topliss-reactive ketones (excluding diaryl/α,β-unsaturated/α-hetero) is 1. The Labute approximate surface area is 308 Å². The van der Waals surface area contributed by atoms with E-state index < -0.39 is 50.9 Å². The standard InChI is InChI=1S/C21H54O8Si6.C2H4.10CH4/c1-15-16-23-17-18-24-20-35(14,28-33(11,12)26-31(6,7)8)29-34(13,19-21(2)22)27-32(9,10)25-30(3,4)5;1-2;;;;;;;;;;/h15-20H2,1-14H3;1-2H2;10*1H4. The van der Waals surface area contributed by atoms with Gasteiger partial charge in [-0.1, -0.05) is 81.2 Å². The molecule has 0 saturated heterocycles. The lowest BCUT2D eigenvalue weighted by atomic mass is 10.5. The summed E-state index contributed by atoms with van der Waals surface area (Å²) in [7, 11) is -14.7. The first-order chi connectivity index (χ1) is 16.5. The zero-order valence-electron chi connectivity index (χ0n) is 26.4. The van der Waals surface area contributed by atoms with Gasteiger partial charge in [-0.3, -0.25) is 0 Å². The Morgan fingerprint density at radius 1 is 0.489 bits per heavy atom. The van der Waals surface area contributed by atoms with Crippen LogP contribution in [0.4, 0.5) is 0 Å². The largest absolute Gasteiger partial charge is 0.437 e. The third-order valence-corrected chi connectivity index (χ3v) is 25.7. The summed E-state index contributed by atoms with van der Waals surface area (Å²) in [6, 6.07) is 0.237. The lowest BCUT2D eigenvalue weighted by molar-refractivity contribution is -0.115. The van der Waals surface area contributed by atoms with E-state index in [-0.39, 0.29) is 86.1 Å². The Hall–Kier alpha value is 0.431. The van der Waals surface area contributed by atoms with Gasteiger partial charge in [0.05, 0.1) is 19.4 Å². The predicted octanol–water partition coefficient (Wildman–Crippen LogP) is 13.0. The zero-order valence-corrected chi connectivity index (χ0v) is 32.4. The van der Waals surface area contributed by atoms with Crippen LogP contribution in [0.25, 0.3) is 0 Å². The Morgan fingerprint density at radius 2 is 0.809 bits per heavy atom. The first kappa shape index (κ1) is 81.5. The van der Waals surface area contributed by atoms with Crippen molar-refractivity contribution in [1.82, 2.24) is 0 Å². The number of carbonyl (C=O) groups excluding carboxylic acids is 1. The maximum absolute atomic E-state index is 12.3. The molecule has 0 bridgehead atoms. The molecule has 0 saturated carbocycles. The van der Waals surface area contributed by atoms with Crippen LogP contribution in [0, 0.1) is 0 Å². The second-order valence-corrected chi connectivity index (χ2v) is 35.7. The fraction of sp³-hybridized carbons (Fsp3) is 0.909. The fourth-order valence-corrected chi connectivity index (χ4v) is 32.7. The quantitative estimate of drug-likeness (QED) is 0.0727. The lowest BCUT2D eigenvalue weighted by Gasteiger charge is -2.44. The summed E-state index contributed by atoms with van der Waals surface area (Å²) >= 11 is 0. The van der Waals surface area contributed by atoms with E-state index in [1.165, 1.54) is 0 Å². The first-order valence-electron chi connectivity index (χ1n) is 13.2. The molecule has 0 N–H and O–H groups in total. The first-order valence-corrected chi connectivity index (χ1v) is 30.7. The van der Waals surface area contributed by atoms with Crippen molar-refractivity contribution in [3.8, 4) is 0 Å². The molecule has 8 nitrogen and oxygen atoms in total. The van der Waals surface area contributed by atoms with Crippen LogP contribution in [0.1, 0.15) is 94.5 Å². The van der Waals surface area contributed by atoms with E-state index in [4.69, 9.17) is 30.0 Å². The van der Waals surface area contributed by atoms with Gasteiger partial charge in [-0.15, -0.1) is 13.2 Å². The number of ether oxygens (including phenoxy) is 2. The highest BCUT2D eigenvalue weighted by Crippen LogP contribution is 2.30. The van der Waals surface area contributed by atoms with Gasteiger partial charge in [-0.05, 0) is 91.9 Å². The van der Waals surface area contributed by atoms with Gasteiger partial charge in [0.2, 0.25) is 0 Å². The van der Waals surface area contributed by atoms with Gasteiger partial charge in [0.1, 0.15) is 5.78 Å². The number of hydrogen-bond donors (Lipinski definition) is 0. The summed E-state index contributed by atoms with van der Waals surface area (Å²) in [4.78, 5) is 12.3. The molecule has 47 heavy (non-hydrogen) atoms. The highest BCUT2D eigenvalue weighted by molar-refractivity contribution is 6.92. The monoisotopic (exact) mass is 791 g/mol. The van der Waals surface area contributed by atoms with Gasteiger partial charge >= 0.3 is 34.2 Å². The molecule has 0 aromatic carbocycles. The van der Waals surface area contributed by atoms with Crippen molar-refractivity contribution in [2.24, 2.45) is 0 Å². The summed E-state index contributed by atoms with van der Waals surface area (Å²) in [6.45, 7) is 36.4. The Morgan fingerprint density at radius 3 is 1.11 bits per heavy atom. The third-order valence-electron chi connectivity index (χ3n) is 4.11. The van der Waals surface area contributed by atoms with E-state index in [2.05, 4.69) is 72.5 Å². The summed E-state index contributed by atoms with van der Waals surface area (Å²) in [5, 5.41) is 0. The Kier molecular flexibility index (Phi) is 60.4. The molecule has 0 heterocycles. The average molecular weight is 792 g/mol. The molecule has 0 aliphatic carbocycles. The highest BCUT2D eigenvalue weighted by Gasteiger charge is 2.51. The summed E-state index contributed by atoms with van der Waals surface area (Å²) in [5.74, 6) is 0.0389. The minimum Gasteiger partial charge on any atom is -0.437 e. The molecule has 2 atom stereocenters. The Balaban J connectivity index is -0.0000000999. The normalized spacial score (nSPS) is 12.9. The van der Waals surface area contributed by atoms with E-state index in [0.29, 0.717) is 26.1 Å². The molecular weight excluding hydrogens is 693 g/mol. The average Bonchev–Trinajstić information content (AvgIpc) is 2.59. The second-order valence-electron chi connectivity index (χ2n) is 12.3. The molecule has 0 rings (SSSR count). The van der Waals surface area contributed by atoms with Crippen molar-refractivity contribution in [3.63, 3.8) is 0 Å². The van der Waals surface area contributed by atoms with Crippen molar-refractivity contribution < 1.29 is 34.8 Å². The lowest BCUT2D eigenvalue weighted by Crippen LogP contribution is -2.63. The molecule has 2 unspecified atom stereocenters. The fourth-order valence-electron chi connectivity index (χ4n) is 4.26. The van der Waals surface area contributed by atoms with Gasteiger partial charge in [0.15, 0.2) is 16.6 Å². The van der Waals surface area contributed by atoms with Crippen LogP contribution in [0.15, 0.2) is 13.2 Å². The highest BCUT2D eigenvalue weighted by atomic mass is 28.5. The minimum atomic E-state index is -3.01. The van der Waals surface area contributed by atoms with Crippen LogP contribution >= 0.6 is 0 Å². The number of hydrogen-bond acceptors (Lipinski definition) is 8. The van der Waals surface area contributed by atoms with Crippen LogP contribution in [0.2, 0.25) is 84.6 Å². The predicted molar refractivity (Wildman–Crippen MR) is 236 cm³/mol. The van der Waals surface area contributed by atoms with Crippen LogP contribution in [0.5, 0.6) is 0 Å². The molecule has 0 radical (unpaired) electrons. The smallest absolute Gasteiger partial charge is 0.344 e. The summed E-state index contributed by atoms with van der Waals surface area (Å²) in [5.41, 5.74) is 0. The van der Waals surface area contributed by atoms with Gasteiger partial charge < -0.3 is 34.8 Å². The van der Waals surface area contributed by atoms with Gasteiger partial charge in [0, 0.05) is 12.7 Å². The van der Waals surface area contributed by atoms with Crippen LogP contribution in [0.3, 0.4) is 0 Å². The topological polar surface area (TPSA) is 81.7 Å². The number of ketones is 1. The van der Waals surface area contributed by atoms with Crippen molar-refractivity contribution in [1.29, 1.82) is 0 Å². The molecule has 0 amide bonds. The van der Waals surface area contributed by atoms with Gasteiger partial charge in [-0.2, -0.15) is 0 Å². The van der Waals surface area contributed by atoms with E-state index in [1.807, 2.05) is 26.2 Å². The molecular formula is C33H98O8Si6. The molecule has 0 aromatic rings. The van der Waals surface area contributed by atoms with Gasteiger partial charge in [-0.25, -0.2) is 0 Å². The second kappa shape index (κ2) is 34.9. The zero-order chi connectivity index (χ0) is 29.8. The maximum atomic E-state index is 12.3. The number of rotatable bonds is 19. The van der Waals surface area contributed by atoms with E-state index in [9.17, 15) is 4.79 Å². The van der Waals surface area contributed by atoms with Crippen molar-refractivity contribution in [2.75, 3.05) is 26.1 Å². The van der Waals surface area contributed by atoms with Crippen LogP contribution in [-0.2, 0) is 34.8 Å². The van der Waals surface area contributed by atoms with Gasteiger partial charge in [0.25, 0.3) is 0 Å². The summed E-state index contributed by atoms with van der Waals surface area (Å²) in [6.07, 6.45) is 1.28. The van der Waals surface area contributed by atoms with E-state index in [1.54, 1.807) is 6.92 Å². The van der Waals surface area contributed by atoms with E-state index >= 15 is 0 Å². The molecule has 0 spiro atoms. The molecule has 0 aromatic heterocycles.